The van der Waals surface area contributed by atoms with Gasteiger partial charge in [-0.3, -0.25) is 4.79 Å². The zero-order chi connectivity index (χ0) is 34.2. The first-order chi connectivity index (χ1) is 22.4. The Bertz CT molecular complexity index is 597. The molecule has 0 bridgehead atoms. The van der Waals surface area contributed by atoms with Crippen LogP contribution >= 0.6 is 0 Å². The Balaban J connectivity index is 5.99. The lowest BCUT2D eigenvalue weighted by Crippen LogP contribution is -2.33. The normalized spacial score (nSPS) is 13.0. The van der Waals surface area contributed by atoms with E-state index >= 15 is 0 Å². The molecule has 0 rings (SSSR count). The average molecular weight is 649 g/mol. The van der Waals surface area contributed by atoms with Crippen molar-refractivity contribution in [3.63, 3.8) is 0 Å². The highest BCUT2D eigenvalue weighted by atomic mass is 16.4. The number of hydrogen-bond donors (Lipinski definition) is 1. The van der Waals surface area contributed by atoms with E-state index in [2.05, 4.69) is 41.5 Å². The SMILES string of the molecule is CCCCCCC(CCCCC(CCCCCC)(CCCCCC)C(=O)O)C(CCCCCC)(CCCCCC)CCCCCC. The molecule has 0 amide bonds. The smallest absolute Gasteiger partial charge is 0.309 e. The van der Waals surface area contributed by atoms with E-state index in [1.165, 1.54) is 180 Å². The van der Waals surface area contributed by atoms with Crippen LogP contribution in [0, 0.1) is 16.7 Å². The molecule has 2 heteroatoms. The Kier molecular flexibility index (Phi) is 31.4. The molecule has 0 saturated heterocycles. The van der Waals surface area contributed by atoms with Gasteiger partial charge in [0.1, 0.15) is 0 Å². The maximum absolute atomic E-state index is 13.0. The van der Waals surface area contributed by atoms with Crippen molar-refractivity contribution in [2.75, 3.05) is 0 Å². The Morgan fingerprint density at radius 1 is 0.391 bits per heavy atom. The zero-order valence-corrected chi connectivity index (χ0v) is 33.0. The third-order valence-electron chi connectivity index (χ3n) is 11.8. The van der Waals surface area contributed by atoms with Crippen LogP contribution in [0.3, 0.4) is 0 Å². The van der Waals surface area contributed by atoms with Crippen molar-refractivity contribution in [3.05, 3.63) is 0 Å². The summed E-state index contributed by atoms with van der Waals surface area (Å²) >= 11 is 0. The molecule has 1 N–H and O–H groups in total. The molecule has 1 atom stereocenters. The van der Waals surface area contributed by atoms with Gasteiger partial charge >= 0.3 is 5.97 Å². The van der Waals surface area contributed by atoms with Gasteiger partial charge in [0.15, 0.2) is 0 Å². The predicted octanol–water partition coefficient (Wildman–Crippen LogP) is 16.0. The van der Waals surface area contributed by atoms with Crippen molar-refractivity contribution >= 4 is 5.97 Å². The van der Waals surface area contributed by atoms with Gasteiger partial charge in [-0.1, -0.05) is 208 Å². The lowest BCUT2D eigenvalue weighted by Gasteiger charge is -2.43. The molecule has 0 spiro atoms. The molecule has 0 radical (unpaired) electrons. The molecule has 1 unspecified atom stereocenters. The van der Waals surface area contributed by atoms with Crippen LogP contribution < -0.4 is 0 Å². The predicted molar refractivity (Wildman–Crippen MR) is 207 cm³/mol. The second-order valence-corrected chi connectivity index (χ2v) is 15.8. The van der Waals surface area contributed by atoms with Crippen molar-refractivity contribution in [2.24, 2.45) is 16.7 Å². The molecule has 0 fully saturated rings. The highest BCUT2D eigenvalue weighted by molar-refractivity contribution is 5.74. The van der Waals surface area contributed by atoms with Gasteiger partial charge in [0, 0.05) is 0 Å². The third-order valence-corrected chi connectivity index (χ3v) is 11.8. The first-order valence-electron chi connectivity index (χ1n) is 21.6. The highest BCUT2D eigenvalue weighted by Crippen LogP contribution is 2.49. The number of carboxylic acid groups (broad SMARTS) is 1. The van der Waals surface area contributed by atoms with Crippen LogP contribution in [0.15, 0.2) is 0 Å². The van der Waals surface area contributed by atoms with E-state index in [4.69, 9.17) is 0 Å². The molecule has 0 aromatic heterocycles. The Morgan fingerprint density at radius 3 is 0.957 bits per heavy atom. The lowest BCUT2D eigenvalue weighted by atomic mass is 9.62. The molecule has 276 valence electrons. The van der Waals surface area contributed by atoms with Gasteiger partial charge in [-0.25, -0.2) is 0 Å². The molecule has 46 heavy (non-hydrogen) atoms. The van der Waals surface area contributed by atoms with E-state index < -0.39 is 11.4 Å². The number of unbranched alkanes of at least 4 members (excludes halogenated alkanes) is 19. The van der Waals surface area contributed by atoms with Crippen LogP contribution in [0.4, 0.5) is 0 Å². The maximum Gasteiger partial charge on any atom is 0.309 e. The van der Waals surface area contributed by atoms with Crippen LogP contribution in [0.25, 0.3) is 0 Å². The van der Waals surface area contributed by atoms with Crippen molar-refractivity contribution in [2.45, 2.75) is 260 Å². The first-order valence-corrected chi connectivity index (χ1v) is 21.6. The van der Waals surface area contributed by atoms with Crippen LogP contribution in [0.5, 0.6) is 0 Å². The number of carbonyl (C=O) groups is 1. The van der Waals surface area contributed by atoms with Crippen LogP contribution in [0.1, 0.15) is 260 Å². The minimum atomic E-state index is -0.492. The van der Waals surface area contributed by atoms with Gasteiger partial charge < -0.3 is 5.11 Å². The summed E-state index contributed by atoms with van der Waals surface area (Å²) in [7, 11) is 0. The van der Waals surface area contributed by atoms with E-state index in [9.17, 15) is 9.90 Å². The zero-order valence-electron chi connectivity index (χ0n) is 33.0. The van der Waals surface area contributed by atoms with Crippen molar-refractivity contribution in [1.29, 1.82) is 0 Å². The molecule has 0 aliphatic heterocycles. The second kappa shape index (κ2) is 31.7. The van der Waals surface area contributed by atoms with Crippen LogP contribution in [-0.2, 0) is 4.79 Å². The second-order valence-electron chi connectivity index (χ2n) is 15.8. The summed E-state index contributed by atoms with van der Waals surface area (Å²) in [6.07, 6.45) is 43.6. The molecule has 0 aliphatic carbocycles. The Hall–Kier alpha value is -0.530. The van der Waals surface area contributed by atoms with Gasteiger partial charge in [0.2, 0.25) is 0 Å². The first kappa shape index (κ1) is 45.5. The summed E-state index contributed by atoms with van der Waals surface area (Å²) in [6.45, 7) is 13.9. The molecule has 0 saturated carbocycles. The quantitative estimate of drug-likeness (QED) is 0.0681. The van der Waals surface area contributed by atoms with Gasteiger partial charge in [-0.2, -0.15) is 0 Å². The van der Waals surface area contributed by atoms with Crippen molar-refractivity contribution < 1.29 is 9.90 Å². The summed E-state index contributed by atoms with van der Waals surface area (Å²) in [4.78, 5) is 13.0. The maximum atomic E-state index is 13.0. The standard InChI is InChI=1S/C44H88O2/c1-7-13-19-25-33-41(43(35-27-20-14-8-2,36-28-21-15-9-3)37-29-22-16-10-4)34-26-32-40-44(42(45)46,38-30-23-17-11-5)39-31-24-18-12-6/h41H,7-40H2,1-6H3,(H,45,46). The van der Waals surface area contributed by atoms with Gasteiger partial charge in [0.25, 0.3) is 0 Å². The average Bonchev–Trinajstić information content (AvgIpc) is 3.05. The molecular weight excluding hydrogens is 560 g/mol. The molecule has 0 aromatic carbocycles. The molecule has 0 aromatic rings. The number of hydrogen-bond acceptors (Lipinski definition) is 1. The van der Waals surface area contributed by atoms with E-state index in [0.29, 0.717) is 5.41 Å². The van der Waals surface area contributed by atoms with E-state index in [1.807, 2.05) is 0 Å². The number of rotatable bonds is 37. The lowest BCUT2D eigenvalue weighted by molar-refractivity contribution is -0.150. The third kappa shape index (κ3) is 21.4. The number of aliphatic carboxylic acids is 1. The molecule has 0 aliphatic rings. The largest absolute Gasteiger partial charge is 0.481 e. The monoisotopic (exact) mass is 649 g/mol. The van der Waals surface area contributed by atoms with E-state index in [0.717, 1.165) is 44.4 Å². The molecular formula is C44H88O2. The molecule has 0 heterocycles. The topological polar surface area (TPSA) is 37.3 Å². The fraction of sp³-hybridized carbons (Fsp3) is 0.977. The summed E-state index contributed by atoms with van der Waals surface area (Å²) < 4.78 is 0. The summed E-state index contributed by atoms with van der Waals surface area (Å²) in [5, 5.41) is 10.7. The minimum Gasteiger partial charge on any atom is -0.481 e. The summed E-state index contributed by atoms with van der Waals surface area (Å²) in [5.41, 5.74) is 0.0152. The van der Waals surface area contributed by atoms with E-state index in [1.54, 1.807) is 0 Å². The van der Waals surface area contributed by atoms with Gasteiger partial charge in [-0.15, -0.1) is 0 Å². The summed E-state index contributed by atoms with van der Waals surface area (Å²) in [5.74, 6) is 0.330. The van der Waals surface area contributed by atoms with E-state index in [-0.39, 0.29) is 0 Å². The molecule has 2 nitrogen and oxygen atoms in total. The van der Waals surface area contributed by atoms with Crippen LogP contribution in [0.2, 0.25) is 0 Å². The van der Waals surface area contributed by atoms with Crippen molar-refractivity contribution in [3.8, 4) is 0 Å². The highest BCUT2D eigenvalue weighted by Gasteiger charge is 2.39. The van der Waals surface area contributed by atoms with Gasteiger partial charge in [0.05, 0.1) is 5.41 Å². The van der Waals surface area contributed by atoms with Gasteiger partial charge in [-0.05, 0) is 62.7 Å². The Labute approximate surface area is 291 Å². The Morgan fingerprint density at radius 2 is 0.652 bits per heavy atom. The number of carboxylic acids is 1. The fourth-order valence-corrected chi connectivity index (χ4v) is 8.60. The van der Waals surface area contributed by atoms with Crippen LogP contribution in [-0.4, -0.2) is 11.1 Å². The summed E-state index contributed by atoms with van der Waals surface area (Å²) in [6, 6.07) is 0. The fourth-order valence-electron chi connectivity index (χ4n) is 8.60. The minimum absolute atomic E-state index is 0.490. The van der Waals surface area contributed by atoms with Crippen molar-refractivity contribution in [1.82, 2.24) is 0 Å².